The van der Waals surface area contributed by atoms with Crippen LogP contribution in [0.15, 0.2) is 18.3 Å². The number of hydrogen-bond acceptors (Lipinski definition) is 3. The Kier molecular flexibility index (Phi) is 5.61. The molecule has 1 rings (SSSR count). The third kappa shape index (κ3) is 4.16. The van der Waals surface area contributed by atoms with E-state index in [1.165, 1.54) is 0 Å². The molecule has 1 aromatic heterocycles. The molecule has 0 fully saturated rings. The van der Waals surface area contributed by atoms with E-state index in [1.54, 1.807) is 6.20 Å². The van der Waals surface area contributed by atoms with Crippen molar-refractivity contribution in [1.82, 2.24) is 10.3 Å². The minimum Gasteiger partial charge on any atom is -0.379 e. The van der Waals surface area contributed by atoms with Gasteiger partial charge in [-0.2, -0.15) is 0 Å². The summed E-state index contributed by atoms with van der Waals surface area (Å²) >= 11 is 5.77. The fourth-order valence-corrected chi connectivity index (χ4v) is 1.37. The fourth-order valence-electron chi connectivity index (χ4n) is 1.26. The molecule has 1 N–H and O–H groups in total. The van der Waals surface area contributed by atoms with Crippen LogP contribution in [0.1, 0.15) is 25.1 Å². The molecule has 15 heavy (non-hydrogen) atoms. The van der Waals surface area contributed by atoms with Gasteiger partial charge in [-0.3, -0.25) is 4.98 Å². The summed E-state index contributed by atoms with van der Waals surface area (Å²) in [5.74, 6) is 0. The molecule has 1 aromatic rings. The number of pyridine rings is 1. The zero-order chi connectivity index (χ0) is 11.1. The van der Waals surface area contributed by atoms with Crippen LogP contribution in [0.5, 0.6) is 0 Å². The molecule has 0 bridgehead atoms. The Morgan fingerprint density at radius 1 is 1.53 bits per heavy atom. The number of ether oxygens (including phenoxy) is 1. The van der Waals surface area contributed by atoms with E-state index in [4.69, 9.17) is 16.3 Å². The highest BCUT2D eigenvalue weighted by atomic mass is 35.5. The van der Waals surface area contributed by atoms with Crippen LogP contribution in [0.25, 0.3) is 0 Å². The SMILES string of the molecule is CCCOCC(NC)c1ccc(Cl)cn1. The van der Waals surface area contributed by atoms with Crippen molar-refractivity contribution in [3.8, 4) is 0 Å². The lowest BCUT2D eigenvalue weighted by Crippen LogP contribution is -2.22. The maximum atomic E-state index is 5.77. The second-order valence-corrected chi connectivity index (χ2v) is 3.75. The van der Waals surface area contributed by atoms with Gasteiger partial charge in [-0.15, -0.1) is 0 Å². The van der Waals surface area contributed by atoms with E-state index in [1.807, 2.05) is 19.2 Å². The van der Waals surface area contributed by atoms with Crippen molar-refractivity contribution in [2.24, 2.45) is 0 Å². The molecule has 0 aliphatic heterocycles. The van der Waals surface area contributed by atoms with E-state index >= 15 is 0 Å². The Morgan fingerprint density at radius 3 is 2.87 bits per heavy atom. The van der Waals surface area contributed by atoms with Gasteiger partial charge in [0, 0.05) is 12.8 Å². The van der Waals surface area contributed by atoms with Crippen LogP contribution in [0.4, 0.5) is 0 Å². The highest BCUT2D eigenvalue weighted by molar-refractivity contribution is 6.30. The molecular formula is C11H17ClN2O. The molecule has 3 nitrogen and oxygen atoms in total. The zero-order valence-electron chi connectivity index (χ0n) is 9.16. The summed E-state index contributed by atoms with van der Waals surface area (Å²) in [6.45, 7) is 3.51. The molecule has 84 valence electrons. The molecular weight excluding hydrogens is 212 g/mol. The first-order valence-electron chi connectivity index (χ1n) is 5.14. The van der Waals surface area contributed by atoms with Crippen molar-refractivity contribution in [2.45, 2.75) is 19.4 Å². The number of nitrogens with zero attached hydrogens (tertiary/aromatic N) is 1. The summed E-state index contributed by atoms with van der Waals surface area (Å²) in [6, 6.07) is 3.89. The van der Waals surface area contributed by atoms with Gasteiger partial charge in [-0.05, 0) is 25.6 Å². The minimum atomic E-state index is 0.133. The smallest absolute Gasteiger partial charge is 0.0730 e. The van der Waals surface area contributed by atoms with E-state index in [0.717, 1.165) is 18.7 Å². The standard InChI is InChI=1S/C11H17ClN2O/c1-3-6-15-8-11(13-2)10-5-4-9(12)7-14-10/h4-5,7,11,13H,3,6,8H2,1-2H3. The molecule has 1 unspecified atom stereocenters. The number of nitrogens with one attached hydrogen (secondary N) is 1. The highest BCUT2D eigenvalue weighted by Crippen LogP contribution is 2.13. The predicted octanol–water partition coefficient (Wildman–Crippen LogP) is 2.42. The number of aromatic nitrogens is 1. The summed E-state index contributed by atoms with van der Waals surface area (Å²) in [6.07, 6.45) is 2.69. The van der Waals surface area contributed by atoms with Gasteiger partial charge in [0.2, 0.25) is 0 Å². The van der Waals surface area contributed by atoms with E-state index in [9.17, 15) is 0 Å². The summed E-state index contributed by atoms with van der Waals surface area (Å²) in [5, 5.41) is 3.82. The Hall–Kier alpha value is -0.640. The lowest BCUT2D eigenvalue weighted by Gasteiger charge is -2.15. The van der Waals surface area contributed by atoms with Gasteiger partial charge < -0.3 is 10.1 Å². The molecule has 0 aromatic carbocycles. The first-order valence-corrected chi connectivity index (χ1v) is 5.52. The van der Waals surface area contributed by atoms with Crippen LogP contribution in [0.3, 0.4) is 0 Å². The summed E-state index contributed by atoms with van der Waals surface area (Å²) in [7, 11) is 1.90. The second kappa shape index (κ2) is 6.77. The highest BCUT2D eigenvalue weighted by Gasteiger charge is 2.10. The molecule has 0 saturated heterocycles. The zero-order valence-corrected chi connectivity index (χ0v) is 9.92. The fraction of sp³-hybridized carbons (Fsp3) is 0.545. The number of hydrogen-bond donors (Lipinski definition) is 1. The van der Waals surface area contributed by atoms with Gasteiger partial charge in [0.25, 0.3) is 0 Å². The van der Waals surface area contributed by atoms with Crippen LogP contribution in [0, 0.1) is 0 Å². The Labute approximate surface area is 95.8 Å². The van der Waals surface area contributed by atoms with Crippen LogP contribution in [0.2, 0.25) is 5.02 Å². The predicted molar refractivity (Wildman–Crippen MR) is 62.2 cm³/mol. The van der Waals surface area contributed by atoms with Gasteiger partial charge in [0.05, 0.1) is 23.4 Å². The monoisotopic (exact) mass is 228 g/mol. The maximum absolute atomic E-state index is 5.77. The lowest BCUT2D eigenvalue weighted by molar-refractivity contribution is 0.113. The molecule has 0 saturated carbocycles. The molecule has 0 aliphatic rings. The van der Waals surface area contributed by atoms with Crippen LogP contribution in [-0.2, 0) is 4.74 Å². The third-order valence-electron chi connectivity index (χ3n) is 2.09. The quantitative estimate of drug-likeness (QED) is 0.760. The molecule has 0 aliphatic carbocycles. The van der Waals surface area contributed by atoms with Crippen molar-refractivity contribution in [3.63, 3.8) is 0 Å². The molecule has 4 heteroatoms. The first kappa shape index (κ1) is 12.4. The molecule has 0 radical (unpaired) electrons. The largest absolute Gasteiger partial charge is 0.379 e. The topological polar surface area (TPSA) is 34.1 Å². The third-order valence-corrected chi connectivity index (χ3v) is 2.31. The Bertz CT molecular complexity index is 276. The minimum absolute atomic E-state index is 0.133. The Balaban J connectivity index is 2.53. The van der Waals surface area contributed by atoms with Crippen molar-refractivity contribution in [1.29, 1.82) is 0 Å². The average molecular weight is 229 g/mol. The van der Waals surface area contributed by atoms with Crippen molar-refractivity contribution < 1.29 is 4.74 Å². The average Bonchev–Trinajstić information content (AvgIpc) is 2.26. The van der Waals surface area contributed by atoms with Crippen LogP contribution in [-0.4, -0.2) is 25.2 Å². The van der Waals surface area contributed by atoms with Crippen molar-refractivity contribution in [2.75, 3.05) is 20.3 Å². The van der Waals surface area contributed by atoms with Gasteiger partial charge in [-0.1, -0.05) is 18.5 Å². The van der Waals surface area contributed by atoms with Crippen LogP contribution < -0.4 is 5.32 Å². The van der Waals surface area contributed by atoms with E-state index in [2.05, 4.69) is 17.2 Å². The van der Waals surface area contributed by atoms with Crippen molar-refractivity contribution >= 4 is 11.6 Å². The number of rotatable bonds is 6. The summed E-state index contributed by atoms with van der Waals surface area (Å²) in [4.78, 5) is 4.25. The normalized spacial score (nSPS) is 12.7. The van der Waals surface area contributed by atoms with Gasteiger partial charge in [-0.25, -0.2) is 0 Å². The van der Waals surface area contributed by atoms with Crippen molar-refractivity contribution in [3.05, 3.63) is 29.0 Å². The molecule has 0 spiro atoms. The van der Waals surface area contributed by atoms with Crippen LogP contribution >= 0.6 is 11.6 Å². The first-order chi connectivity index (χ1) is 7.27. The van der Waals surface area contributed by atoms with E-state index in [-0.39, 0.29) is 6.04 Å². The molecule has 1 heterocycles. The van der Waals surface area contributed by atoms with Gasteiger partial charge in [0.15, 0.2) is 0 Å². The number of halogens is 1. The number of likely N-dealkylation sites (N-methyl/N-ethyl adjacent to an activating group) is 1. The van der Waals surface area contributed by atoms with E-state index in [0.29, 0.717) is 11.6 Å². The second-order valence-electron chi connectivity index (χ2n) is 3.32. The van der Waals surface area contributed by atoms with Gasteiger partial charge in [0.1, 0.15) is 0 Å². The molecule has 1 atom stereocenters. The summed E-state index contributed by atoms with van der Waals surface area (Å²) in [5.41, 5.74) is 0.956. The Morgan fingerprint density at radius 2 is 2.33 bits per heavy atom. The molecule has 0 amide bonds. The van der Waals surface area contributed by atoms with Gasteiger partial charge >= 0.3 is 0 Å². The lowest BCUT2D eigenvalue weighted by atomic mass is 10.2. The summed E-state index contributed by atoms with van der Waals surface area (Å²) < 4.78 is 5.48. The maximum Gasteiger partial charge on any atom is 0.0730 e. The van der Waals surface area contributed by atoms with E-state index < -0.39 is 0 Å².